The molecule has 0 spiro atoms. The molecule has 1 fully saturated rings. The highest BCUT2D eigenvalue weighted by molar-refractivity contribution is 5.67. The van der Waals surface area contributed by atoms with Crippen LogP contribution in [-0.4, -0.2) is 28.1 Å². The quantitative estimate of drug-likeness (QED) is 0.713. The summed E-state index contributed by atoms with van der Waals surface area (Å²) in [6, 6.07) is 0. The highest BCUT2D eigenvalue weighted by Crippen LogP contribution is 2.26. The van der Waals surface area contributed by atoms with E-state index in [1.807, 2.05) is 6.21 Å². The van der Waals surface area contributed by atoms with Gasteiger partial charge in [-0.2, -0.15) is 0 Å². The van der Waals surface area contributed by atoms with Crippen molar-refractivity contribution in [3.63, 3.8) is 0 Å². The van der Waals surface area contributed by atoms with E-state index in [0.717, 1.165) is 24.0 Å². The Bertz CT molecular complexity index is 652. The maximum Gasteiger partial charge on any atom is 0.332 e. The van der Waals surface area contributed by atoms with E-state index >= 15 is 0 Å². The van der Waals surface area contributed by atoms with E-state index < -0.39 is 0 Å². The van der Waals surface area contributed by atoms with Crippen molar-refractivity contribution in [2.24, 2.45) is 25.0 Å². The lowest BCUT2D eigenvalue weighted by molar-refractivity contribution is 0.375. The summed E-state index contributed by atoms with van der Waals surface area (Å²) in [4.78, 5) is 28.4. The second-order valence-electron chi connectivity index (χ2n) is 5.28. The molecule has 19 heavy (non-hydrogen) atoms. The lowest BCUT2D eigenvalue weighted by Crippen LogP contribution is -2.38. The van der Waals surface area contributed by atoms with Crippen LogP contribution in [0.1, 0.15) is 18.4 Å². The average Bonchev–Trinajstić information content (AvgIpc) is 3.21. The van der Waals surface area contributed by atoms with Crippen LogP contribution in [0.5, 0.6) is 0 Å². The van der Waals surface area contributed by atoms with Gasteiger partial charge in [0.1, 0.15) is 5.82 Å². The van der Waals surface area contributed by atoms with Gasteiger partial charge < -0.3 is 4.74 Å². The molecule has 0 bridgehead atoms. The third kappa shape index (κ3) is 2.16. The molecule has 1 saturated heterocycles. The lowest BCUT2D eigenvalue weighted by atomic mass is 9.98. The van der Waals surface area contributed by atoms with E-state index in [1.54, 1.807) is 7.05 Å². The fraction of sp³-hybridized carbons (Fsp3) is 0.615. The lowest BCUT2D eigenvalue weighted by Gasteiger charge is -2.09. The molecule has 1 aromatic heterocycles. The summed E-state index contributed by atoms with van der Waals surface area (Å²) in [5, 5.41) is 0. The van der Waals surface area contributed by atoms with E-state index in [0.29, 0.717) is 29.8 Å². The number of fused-ring (bicyclic) bond motifs is 1. The second kappa shape index (κ2) is 4.45. The molecule has 0 amide bonds. The molecule has 0 saturated carbocycles. The standard InChI is InChI=1S/C13H17N3O3/c1-15-11-10(12(17)16(2)13(15)18)4-3-8(6-14-11)5-9-7-19-9/h6,8-9H,3-5,7H2,1-2H3. The van der Waals surface area contributed by atoms with Gasteiger partial charge in [-0.15, -0.1) is 0 Å². The van der Waals surface area contributed by atoms with Gasteiger partial charge in [0, 0.05) is 20.3 Å². The third-order valence-electron chi connectivity index (χ3n) is 3.87. The van der Waals surface area contributed by atoms with E-state index in [2.05, 4.69) is 4.99 Å². The van der Waals surface area contributed by atoms with Gasteiger partial charge in [-0.3, -0.25) is 13.9 Å². The van der Waals surface area contributed by atoms with E-state index in [-0.39, 0.29) is 11.2 Å². The summed E-state index contributed by atoms with van der Waals surface area (Å²) in [6.07, 6.45) is 4.71. The molecule has 0 radical (unpaired) electrons. The van der Waals surface area contributed by atoms with Crippen molar-refractivity contribution in [3.8, 4) is 0 Å². The molecule has 2 aliphatic heterocycles. The SMILES string of the molecule is Cn1c2c(c(=O)n(C)c1=O)CCC(CC1CO1)C=N2. The number of hydrogen-bond acceptors (Lipinski definition) is 4. The largest absolute Gasteiger partial charge is 0.373 e. The van der Waals surface area contributed by atoms with Crippen molar-refractivity contribution in [1.82, 2.24) is 9.13 Å². The predicted octanol–water partition coefficient (Wildman–Crippen LogP) is 0.138. The minimum absolute atomic E-state index is 0.224. The Morgan fingerprint density at radius 2 is 2.11 bits per heavy atom. The normalized spacial score (nSPS) is 24.9. The average molecular weight is 263 g/mol. The summed E-state index contributed by atoms with van der Waals surface area (Å²) in [5.41, 5.74) is 0.0866. The fourth-order valence-corrected chi connectivity index (χ4v) is 2.59. The van der Waals surface area contributed by atoms with Crippen LogP contribution in [0.15, 0.2) is 14.6 Å². The zero-order chi connectivity index (χ0) is 13.6. The zero-order valence-corrected chi connectivity index (χ0v) is 11.1. The molecule has 1 aromatic rings. The molecule has 0 aromatic carbocycles. The van der Waals surface area contributed by atoms with Crippen LogP contribution in [0.2, 0.25) is 0 Å². The van der Waals surface area contributed by atoms with Gasteiger partial charge in [-0.1, -0.05) is 0 Å². The minimum atomic E-state index is -0.329. The molecule has 3 rings (SSSR count). The molecule has 6 nitrogen and oxygen atoms in total. The summed E-state index contributed by atoms with van der Waals surface area (Å²) < 4.78 is 7.83. The molecule has 102 valence electrons. The Kier molecular flexibility index (Phi) is 2.89. The van der Waals surface area contributed by atoms with Crippen LogP contribution in [0.25, 0.3) is 0 Å². The van der Waals surface area contributed by atoms with Crippen molar-refractivity contribution in [3.05, 3.63) is 26.4 Å². The highest BCUT2D eigenvalue weighted by atomic mass is 16.6. The number of rotatable bonds is 2. The van der Waals surface area contributed by atoms with Crippen LogP contribution >= 0.6 is 0 Å². The molecular formula is C13H17N3O3. The molecular weight excluding hydrogens is 246 g/mol. The Hall–Kier alpha value is -1.69. The van der Waals surface area contributed by atoms with Gasteiger partial charge in [0.05, 0.1) is 18.3 Å². The van der Waals surface area contributed by atoms with E-state index in [4.69, 9.17) is 4.74 Å². The van der Waals surface area contributed by atoms with Gasteiger partial charge >= 0.3 is 5.69 Å². The summed E-state index contributed by atoms with van der Waals surface area (Å²) >= 11 is 0. The monoisotopic (exact) mass is 263 g/mol. The van der Waals surface area contributed by atoms with Crippen LogP contribution in [0.4, 0.5) is 5.82 Å². The van der Waals surface area contributed by atoms with Gasteiger partial charge in [0.2, 0.25) is 0 Å². The van der Waals surface area contributed by atoms with Crippen LogP contribution in [-0.2, 0) is 25.3 Å². The van der Waals surface area contributed by atoms with Crippen LogP contribution in [0, 0.1) is 5.92 Å². The molecule has 0 N–H and O–H groups in total. The topological polar surface area (TPSA) is 68.9 Å². The van der Waals surface area contributed by atoms with Crippen molar-refractivity contribution < 1.29 is 4.74 Å². The molecule has 2 aliphatic rings. The summed E-state index contributed by atoms with van der Waals surface area (Å²) in [7, 11) is 3.16. The van der Waals surface area contributed by atoms with Crippen molar-refractivity contribution in [1.29, 1.82) is 0 Å². The minimum Gasteiger partial charge on any atom is -0.373 e. The van der Waals surface area contributed by atoms with Gasteiger partial charge in [0.15, 0.2) is 0 Å². The first-order valence-corrected chi connectivity index (χ1v) is 6.52. The molecule has 0 aliphatic carbocycles. The smallest absolute Gasteiger partial charge is 0.332 e. The number of aliphatic imine (C=N–C) groups is 1. The summed E-state index contributed by atoms with van der Waals surface area (Å²) in [5.74, 6) is 0.826. The zero-order valence-electron chi connectivity index (χ0n) is 11.1. The molecule has 2 atom stereocenters. The third-order valence-corrected chi connectivity index (χ3v) is 3.87. The van der Waals surface area contributed by atoms with Crippen molar-refractivity contribution in [2.45, 2.75) is 25.4 Å². The number of hydrogen-bond donors (Lipinski definition) is 0. The Labute approximate surface area is 110 Å². The first-order valence-electron chi connectivity index (χ1n) is 6.52. The fourth-order valence-electron chi connectivity index (χ4n) is 2.59. The molecule has 2 unspecified atom stereocenters. The van der Waals surface area contributed by atoms with Crippen LogP contribution < -0.4 is 11.2 Å². The number of nitrogens with zero attached hydrogens (tertiary/aromatic N) is 3. The first kappa shape index (κ1) is 12.3. The Balaban J connectivity index is 2.01. The number of aromatic nitrogens is 2. The maximum atomic E-state index is 12.1. The maximum absolute atomic E-state index is 12.1. The predicted molar refractivity (Wildman–Crippen MR) is 71.2 cm³/mol. The highest BCUT2D eigenvalue weighted by Gasteiger charge is 2.27. The van der Waals surface area contributed by atoms with Gasteiger partial charge in [-0.25, -0.2) is 9.79 Å². The van der Waals surface area contributed by atoms with Crippen molar-refractivity contribution in [2.75, 3.05) is 6.61 Å². The van der Waals surface area contributed by atoms with E-state index in [1.165, 1.54) is 11.6 Å². The summed E-state index contributed by atoms with van der Waals surface area (Å²) in [6.45, 7) is 0.831. The Morgan fingerprint density at radius 3 is 2.79 bits per heavy atom. The van der Waals surface area contributed by atoms with Crippen molar-refractivity contribution >= 4 is 12.0 Å². The number of ether oxygens (including phenoxy) is 1. The molecule has 3 heterocycles. The second-order valence-corrected chi connectivity index (χ2v) is 5.28. The number of epoxide rings is 1. The van der Waals surface area contributed by atoms with Gasteiger partial charge in [-0.05, 0) is 25.2 Å². The Morgan fingerprint density at radius 1 is 1.37 bits per heavy atom. The van der Waals surface area contributed by atoms with Crippen LogP contribution in [0.3, 0.4) is 0 Å². The first-order chi connectivity index (χ1) is 9.08. The van der Waals surface area contributed by atoms with E-state index in [9.17, 15) is 9.59 Å². The molecule has 6 heteroatoms. The van der Waals surface area contributed by atoms with Gasteiger partial charge in [0.25, 0.3) is 5.56 Å².